The highest BCUT2D eigenvalue weighted by Gasteiger charge is 2.67. The molecule has 128 valence electrons. The molecule has 0 radical (unpaired) electrons. The molecule has 0 bridgehead atoms. The lowest BCUT2D eigenvalue weighted by Crippen LogP contribution is -2.44. The molecule has 6 heteroatoms. The molecule has 0 aliphatic heterocycles. The maximum atomic E-state index is 13.1. The Morgan fingerprint density at radius 3 is 2.46 bits per heavy atom. The number of hydrogen-bond donors (Lipinski definition) is 1. The molecule has 2 aliphatic rings. The van der Waals surface area contributed by atoms with Crippen molar-refractivity contribution in [3.8, 4) is 0 Å². The quantitative estimate of drug-likeness (QED) is 0.926. The van der Waals surface area contributed by atoms with Crippen LogP contribution in [0.3, 0.4) is 0 Å². The number of aromatic nitrogens is 3. The van der Waals surface area contributed by atoms with Crippen molar-refractivity contribution in [1.29, 1.82) is 0 Å². The van der Waals surface area contributed by atoms with E-state index < -0.39 is 0 Å². The fraction of sp³-hybridized carbons (Fsp3) is 0.611. The summed E-state index contributed by atoms with van der Waals surface area (Å²) in [5, 5.41) is 13.2. The minimum Gasteiger partial charge on any atom is -0.353 e. The third-order valence-corrected chi connectivity index (χ3v) is 6.99. The van der Waals surface area contributed by atoms with Crippen molar-refractivity contribution < 1.29 is 4.79 Å². The van der Waals surface area contributed by atoms with Gasteiger partial charge in [0.2, 0.25) is 5.91 Å². The van der Waals surface area contributed by atoms with E-state index in [-0.39, 0.29) is 16.7 Å². The average Bonchev–Trinajstić information content (AvgIpc) is 3.08. The van der Waals surface area contributed by atoms with Crippen LogP contribution in [0.25, 0.3) is 0 Å². The molecular formula is C18H24N4OS. The minimum absolute atomic E-state index is 0.0572. The second-order valence-electron chi connectivity index (χ2n) is 7.83. The van der Waals surface area contributed by atoms with Gasteiger partial charge in [0.1, 0.15) is 12.7 Å². The molecule has 1 N–H and O–H groups in total. The zero-order valence-corrected chi connectivity index (χ0v) is 15.1. The number of rotatable bonds is 4. The normalized spacial score (nSPS) is 31.6. The van der Waals surface area contributed by atoms with Gasteiger partial charge in [-0.2, -0.15) is 0 Å². The molecule has 0 spiro atoms. The number of thiophene rings is 1. The van der Waals surface area contributed by atoms with Gasteiger partial charge in [0.05, 0.1) is 5.41 Å². The van der Waals surface area contributed by atoms with Gasteiger partial charge in [-0.15, -0.1) is 21.5 Å². The van der Waals surface area contributed by atoms with Crippen LogP contribution in [0.15, 0.2) is 30.2 Å². The van der Waals surface area contributed by atoms with Crippen molar-refractivity contribution in [1.82, 2.24) is 20.1 Å². The fourth-order valence-electron chi connectivity index (χ4n) is 4.28. The average molecular weight is 344 g/mol. The smallest absolute Gasteiger partial charge is 0.232 e. The largest absolute Gasteiger partial charge is 0.353 e. The first-order valence-electron chi connectivity index (χ1n) is 8.72. The highest BCUT2D eigenvalue weighted by atomic mass is 32.1. The number of amides is 1. The van der Waals surface area contributed by atoms with E-state index in [1.165, 1.54) is 4.88 Å². The molecule has 2 saturated carbocycles. The summed E-state index contributed by atoms with van der Waals surface area (Å²) >= 11 is 1.71. The summed E-state index contributed by atoms with van der Waals surface area (Å²) in [4.78, 5) is 14.3. The Labute approximate surface area is 146 Å². The van der Waals surface area contributed by atoms with Crippen molar-refractivity contribution in [3.05, 3.63) is 35.0 Å². The summed E-state index contributed by atoms with van der Waals surface area (Å²) in [7, 11) is 0. The topological polar surface area (TPSA) is 59.8 Å². The Morgan fingerprint density at radius 1 is 1.25 bits per heavy atom. The Balaban J connectivity index is 1.40. The van der Waals surface area contributed by atoms with Crippen LogP contribution in [0.5, 0.6) is 0 Å². The Morgan fingerprint density at radius 2 is 1.92 bits per heavy atom. The van der Waals surface area contributed by atoms with Crippen molar-refractivity contribution in [2.75, 3.05) is 0 Å². The predicted molar refractivity (Wildman–Crippen MR) is 93.9 cm³/mol. The van der Waals surface area contributed by atoms with E-state index in [1.807, 2.05) is 6.07 Å². The van der Waals surface area contributed by atoms with Crippen LogP contribution in [0.4, 0.5) is 0 Å². The van der Waals surface area contributed by atoms with Gasteiger partial charge in [0.25, 0.3) is 0 Å². The number of hydrogen-bond acceptors (Lipinski definition) is 4. The van der Waals surface area contributed by atoms with Crippen LogP contribution in [-0.4, -0.2) is 26.7 Å². The van der Waals surface area contributed by atoms with Crippen molar-refractivity contribution in [2.24, 2.45) is 5.41 Å². The van der Waals surface area contributed by atoms with E-state index in [0.717, 1.165) is 32.1 Å². The predicted octanol–water partition coefficient (Wildman–Crippen LogP) is 3.31. The van der Waals surface area contributed by atoms with Gasteiger partial charge >= 0.3 is 0 Å². The van der Waals surface area contributed by atoms with E-state index in [1.54, 1.807) is 24.0 Å². The minimum atomic E-state index is -0.313. The first kappa shape index (κ1) is 15.8. The molecule has 1 amide bonds. The second kappa shape index (κ2) is 5.69. The van der Waals surface area contributed by atoms with Crippen LogP contribution in [0.1, 0.15) is 56.9 Å². The molecule has 24 heavy (non-hydrogen) atoms. The number of carbonyl (C=O) groups is 1. The number of nitrogens with one attached hydrogen (secondary N) is 1. The Kier molecular flexibility index (Phi) is 3.75. The molecule has 2 heterocycles. The van der Waals surface area contributed by atoms with Crippen LogP contribution >= 0.6 is 11.3 Å². The molecule has 1 atom stereocenters. The Bertz CT molecular complexity index is 701. The molecule has 2 fully saturated rings. The van der Waals surface area contributed by atoms with Gasteiger partial charge in [-0.25, -0.2) is 0 Å². The third-order valence-electron chi connectivity index (χ3n) is 5.96. The molecule has 2 aromatic heterocycles. The van der Waals surface area contributed by atoms with Gasteiger partial charge in [-0.1, -0.05) is 19.9 Å². The highest BCUT2D eigenvalue weighted by molar-refractivity contribution is 7.10. The monoisotopic (exact) mass is 344 g/mol. The lowest BCUT2D eigenvalue weighted by molar-refractivity contribution is -0.125. The summed E-state index contributed by atoms with van der Waals surface area (Å²) in [5.41, 5.74) is -0.256. The SMILES string of the molecule is CC1(C)CC1(C(=O)NC1CCC(n2cnnc2)CC1)c1cccs1. The summed E-state index contributed by atoms with van der Waals surface area (Å²) in [5.74, 6) is 0.225. The molecule has 5 nitrogen and oxygen atoms in total. The summed E-state index contributed by atoms with van der Waals surface area (Å²) in [6.45, 7) is 4.41. The molecule has 1 unspecified atom stereocenters. The third kappa shape index (κ3) is 2.48. The first-order chi connectivity index (χ1) is 11.5. The molecule has 2 aromatic rings. The van der Waals surface area contributed by atoms with Gasteiger partial charge in [0, 0.05) is 17.0 Å². The van der Waals surface area contributed by atoms with Crippen LogP contribution < -0.4 is 5.32 Å². The Hall–Kier alpha value is -1.69. The van der Waals surface area contributed by atoms with Crippen molar-refractivity contribution in [2.45, 2.75) is 63.5 Å². The van der Waals surface area contributed by atoms with Crippen molar-refractivity contribution in [3.63, 3.8) is 0 Å². The second-order valence-corrected chi connectivity index (χ2v) is 8.78. The van der Waals surface area contributed by atoms with Crippen LogP contribution in [-0.2, 0) is 10.2 Å². The molecule has 4 rings (SSSR count). The maximum Gasteiger partial charge on any atom is 0.232 e. The standard InChI is InChI=1S/C18H24N4OS/c1-17(2)10-18(17,15-4-3-9-24-15)16(23)21-13-5-7-14(8-6-13)22-11-19-20-12-22/h3-4,9,11-14H,5-8,10H2,1-2H3,(H,21,23). The lowest BCUT2D eigenvalue weighted by atomic mass is 9.88. The van der Waals surface area contributed by atoms with Crippen LogP contribution in [0.2, 0.25) is 0 Å². The summed E-state index contributed by atoms with van der Waals surface area (Å²) < 4.78 is 2.09. The fourth-order valence-corrected chi connectivity index (χ4v) is 5.39. The number of carbonyl (C=O) groups excluding carboxylic acids is 1. The molecular weight excluding hydrogens is 320 g/mol. The van der Waals surface area contributed by atoms with Crippen molar-refractivity contribution >= 4 is 17.2 Å². The van der Waals surface area contributed by atoms with Gasteiger partial charge < -0.3 is 9.88 Å². The van der Waals surface area contributed by atoms with Gasteiger partial charge in [-0.3, -0.25) is 4.79 Å². The van der Waals surface area contributed by atoms with Crippen LogP contribution in [0, 0.1) is 5.41 Å². The van der Waals surface area contributed by atoms with E-state index in [9.17, 15) is 4.79 Å². The van der Waals surface area contributed by atoms with E-state index >= 15 is 0 Å². The zero-order valence-electron chi connectivity index (χ0n) is 14.2. The lowest BCUT2D eigenvalue weighted by Gasteiger charge is -2.31. The van der Waals surface area contributed by atoms with E-state index in [4.69, 9.17) is 0 Å². The molecule has 0 aromatic carbocycles. The maximum absolute atomic E-state index is 13.1. The van der Waals surface area contributed by atoms with E-state index in [0.29, 0.717) is 12.1 Å². The molecule has 2 aliphatic carbocycles. The van der Waals surface area contributed by atoms with Gasteiger partial charge in [-0.05, 0) is 49.0 Å². The summed E-state index contributed by atoms with van der Waals surface area (Å²) in [6.07, 6.45) is 8.72. The first-order valence-corrected chi connectivity index (χ1v) is 9.60. The molecule has 0 saturated heterocycles. The van der Waals surface area contributed by atoms with Gasteiger partial charge in [0.15, 0.2) is 0 Å². The zero-order chi connectivity index (χ0) is 16.8. The number of nitrogens with zero attached hydrogens (tertiary/aromatic N) is 3. The van der Waals surface area contributed by atoms with E-state index in [2.05, 4.69) is 45.4 Å². The summed E-state index contributed by atoms with van der Waals surface area (Å²) in [6, 6.07) is 4.92. The highest BCUT2D eigenvalue weighted by Crippen LogP contribution is 2.65.